The minimum Gasteiger partial charge on any atom is -0.353 e. The summed E-state index contributed by atoms with van der Waals surface area (Å²) in [6.45, 7) is 4.96. The van der Waals surface area contributed by atoms with Crippen molar-refractivity contribution in [1.82, 2.24) is 5.32 Å². The molecular formula is C13H24N2O. The SMILES string of the molecule is CC1CCC(NC(=O)C2(CN)CC(C)C2)C1. The Labute approximate surface area is 98.2 Å². The van der Waals surface area contributed by atoms with E-state index in [1.54, 1.807) is 0 Å². The molecule has 2 unspecified atom stereocenters. The standard InChI is InChI=1S/C13H24N2O/c1-9-3-4-11(5-9)15-12(16)13(8-14)6-10(2)7-13/h9-11H,3-8,14H2,1-2H3,(H,15,16). The summed E-state index contributed by atoms with van der Waals surface area (Å²) in [6, 6.07) is 0.404. The van der Waals surface area contributed by atoms with E-state index in [9.17, 15) is 4.79 Å². The van der Waals surface area contributed by atoms with Gasteiger partial charge in [0.2, 0.25) is 5.91 Å². The molecule has 0 aromatic rings. The van der Waals surface area contributed by atoms with Gasteiger partial charge in [-0.1, -0.05) is 13.8 Å². The van der Waals surface area contributed by atoms with Crippen LogP contribution < -0.4 is 11.1 Å². The van der Waals surface area contributed by atoms with Crippen LogP contribution in [0.2, 0.25) is 0 Å². The highest BCUT2D eigenvalue weighted by Crippen LogP contribution is 2.45. The first-order valence-corrected chi connectivity index (χ1v) is 6.57. The van der Waals surface area contributed by atoms with Gasteiger partial charge in [-0.2, -0.15) is 0 Å². The molecule has 0 aliphatic heterocycles. The van der Waals surface area contributed by atoms with Crippen LogP contribution in [0, 0.1) is 17.3 Å². The van der Waals surface area contributed by atoms with Crippen molar-refractivity contribution in [3.8, 4) is 0 Å². The Morgan fingerprint density at radius 2 is 2.00 bits per heavy atom. The van der Waals surface area contributed by atoms with Crippen molar-refractivity contribution < 1.29 is 4.79 Å². The lowest BCUT2D eigenvalue weighted by molar-refractivity contribution is -0.138. The molecule has 0 bridgehead atoms. The number of carbonyl (C=O) groups is 1. The van der Waals surface area contributed by atoms with Crippen molar-refractivity contribution in [2.75, 3.05) is 6.54 Å². The Morgan fingerprint density at radius 3 is 2.44 bits per heavy atom. The molecule has 3 heteroatoms. The van der Waals surface area contributed by atoms with E-state index >= 15 is 0 Å². The maximum Gasteiger partial charge on any atom is 0.227 e. The van der Waals surface area contributed by atoms with Crippen molar-refractivity contribution in [2.45, 2.75) is 52.0 Å². The van der Waals surface area contributed by atoms with Crippen LogP contribution in [0.5, 0.6) is 0 Å². The summed E-state index contributed by atoms with van der Waals surface area (Å²) in [6.07, 6.45) is 5.47. The van der Waals surface area contributed by atoms with Crippen LogP contribution in [0.3, 0.4) is 0 Å². The van der Waals surface area contributed by atoms with Gasteiger partial charge in [-0.05, 0) is 43.9 Å². The largest absolute Gasteiger partial charge is 0.353 e. The third kappa shape index (κ3) is 2.10. The highest BCUT2D eigenvalue weighted by atomic mass is 16.2. The van der Waals surface area contributed by atoms with Crippen molar-refractivity contribution in [3.05, 3.63) is 0 Å². The van der Waals surface area contributed by atoms with Crippen LogP contribution in [-0.2, 0) is 4.79 Å². The van der Waals surface area contributed by atoms with E-state index in [-0.39, 0.29) is 11.3 Å². The Bertz CT molecular complexity index is 271. The summed E-state index contributed by atoms with van der Waals surface area (Å²) in [4.78, 5) is 12.2. The fraction of sp³-hybridized carbons (Fsp3) is 0.923. The van der Waals surface area contributed by atoms with Gasteiger partial charge >= 0.3 is 0 Å². The van der Waals surface area contributed by atoms with Gasteiger partial charge < -0.3 is 11.1 Å². The average molecular weight is 224 g/mol. The van der Waals surface area contributed by atoms with E-state index in [2.05, 4.69) is 19.2 Å². The Kier molecular flexibility index (Phi) is 3.24. The van der Waals surface area contributed by atoms with E-state index in [1.165, 1.54) is 6.42 Å². The quantitative estimate of drug-likeness (QED) is 0.766. The molecular weight excluding hydrogens is 200 g/mol. The molecule has 1 amide bonds. The Balaban J connectivity index is 1.87. The van der Waals surface area contributed by atoms with Crippen LogP contribution in [0.4, 0.5) is 0 Å². The van der Waals surface area contributed by atoms with Gasteiger partial charge in [0, 0.05) is 12.6 Å². The lowest BCUT2D eigenvalue weighted by Gasteiger charge is -2.44. The van der Waals surface area contributed by atoms with E-state index in [4.69, 9.17) is 5.73 Å². The summed E-state index contributed by atoms with van der Waals surface area (Å²) in [5, 5.41) is 3.20. The zero-order valence-corrected chi connectivity index (χ0v) is 10.5. The smallest absolute Gasteiger partial charge is 0.227 e. The fourth-order valence-electron chi connectivity index (χ4n) is 3.40. The summed E-state index contributed by atoms with van der Waals surface area (Å²) in [5.41, 5.74) is 5.54. The predicted molar refractivity (Wildman–Crippen MR) is 64.8 cm³/mol. The zero-order chi connectivity index (χ0) is 11.8. The van der Waals surface area contributed by atoms with Crippen molar-refractivity contribution in [1.29, 1.82) is 0 Å². The summed E-state index contributed by atoms with van der Waals surface area (Å²) < 4.78 is 0. The summed E-state index contributed by atoms with van der Waals surface area (Å²) in [5.74, 6) is 1.64. The van der Waals surface area contributed by atoms with Crippen LogP contribution in [0.15, 0.2) is 0 Å². The molecule has 0 radical (unpaired) electrons. The van der Waals surface area contributed by atoms with Gasteiger partial charge in [0.1, 0.15) is 0 Å². The molecule has 16 heavy (non-hydrogen) atoms. The predicted octanol–water partition coefficient (Wildman–Crippen LogP) is 1.67. The number of nitrogens with two attached hydrogens (primary N) is 1. The number of hydrogen-bond acceptors (Lipinski definition) is 2. The number of nitrogens with one attached hydrogen (secondary N) is 1. The summed E-state index contributed by atoms with van der Waals surface area (Å²) in [7, 11) is 0. The minimum atomic E-state index is -0.231. The number of hydrogen-bond donors (Lipinski definition) is 2. The average Bonchev–Trinajstić information content (AvgIpc) is 2.58. The first kappa shape index (κ1) is 11.9. The molecule has 2 rings (SSSR count). The Morgan fingerprint density at radius 1 is 1.31 bits per heavy atom. The second-order valence-corrected chi connectivity index (χ2v) is 6.09. The molecule has 0 aromatic heterocycles. The lowest BCUT2D eigenvalue weighted by atomic mass is 9.62. The van der Waals surface area contributed by atoms with Crippen LogP contribution >= 0.6 is 0 Å². The molecule has 2 aliphatic rings. The monoisotopic (exact) mass is 224 g/mol. The van der Waals surface area contributed by atoms with Crippen LogP contribution in [0.25, 0.3) is 0 Å². The molecule has 0 aromatic carbocycles. The first-order valence-electron chi connectivity index (χ1n) is 6.57. The van der Waals surface area contributed by atoms with E-state index < -0.39 is 0 Å². The van der Waals surface area contributed by atoms with Crippen molar-refractivity contribution in [2.24, 2.45) is 23.0 Å². The third-order valence-corrected chi connectivity index (χ3v) is 4.38. The third-order valence-electron chi connectivity index (χ3n) is 4.38. The highest BCUT2D eigenvalue weighted by molar-refractivity contribution is 5.84. The van der Waals surface area contributed by atoms with Gasteiger partial charge in [0.05, 0.1) is 5.41 Å². The Hall–Kier alpha value is -0.570. The first-order chi connectivity index (χ1) is 7.55. The summed E-state index contributed by atoms with van der Waals surface area (Å²) >= 11 is 0. The molecule has 2 saturated carbocycles. The van der Waals surface area contributed by atoms with Gasteiger partial charge in [-0.15, -0.1) is 0 Å². The topological polar surface area (TPSA) is 55.1 Å². The minimum absolute atomic E-state index is 0.215. The maximum absolute atomic E-state index is 12.2. The van der Waals surface area contributed by atoms with Gasteiger partial charge in [0.25, 0.3) is 0 Å². The number of carbonyl (C=O) groups excluding carboxylic acids is 1. The number of amides is 1. The second-order valence-electron chi connectivity index (χ2n) is 6.09. The normalized spacial score (nSPS) is 42.8. The zero-order valence-electron chi connectivity index (χ0n) is 10.5. The molecule has 2 fully saturated rings. The molecule has 3 nitrogen and oxygen atoms in total. The second kappa shape index (κ2) is 4.36. The fourth-order valence-corrected chi connectivity index (χ4v) is 3.40. The maximum atomic E-state index is 12.2. The highest BCUT2D eigenvalue weighted by Gasteiger charge is 2.47. The molecule has 92 valence electrons. The molecule has 0 spiro atoms. The van der Waals surface area contributed by atoms with Gasteiger partial charge in [-0.3, -0.25) is 4.79 Å². The van der Waals surface area contributed by atoms with E-state index in [0.717, 1.165) is 31.6 Å². The van der Waals surface area contributed by atoms with E-state index in [0.29, 0.717) is 18.5 Å². The van der Waals surface area contributed by atoms with Crippen molar-refractivity contribution >= 4 is 5.91 Å². The van der Waals surface area contributed by atoms with Gasteiger partial charge in [0.15, 0.2) is 0 Å². The van der Waals surface area contributed by atoms with E-state index in [1.807, 2.05) is 0 Å². The molecule has 3 N–H and O–H groups in total. The van der Waals surface area contributed by atoms with Crippen LogP contribution in [0.1, 0.15) is 46.0 Å². The van der Waals surface area contributed by atoms with Crippen LogP contribution in [-0.4, -0.2) is 18.5 Å². The molecule has 2 atom stereocenters. The molecule has 0 heterocycles. The lowest BCUT2D eigenvalue weighted by Crippen LogP contribution is -2.55. The number of rotatable bonds is 3. The van der Waals surface area contributed by atoms with Gasteiger partial charge in [-0.25, -0.2) is 0 Å². The van der Waals surface area contributed by atoms with Crippen molar-refractivity contribution in [3.63, 3.8) is 0 Å². The molecule has 0 saturated heterocycles. The molecule has 2 aliphatic carbocycles.